The van der Waals surface area contributed by atoms with Crippen LogP contribution in [-0.4, -0.2) is 92.2 Å². The number of para-hydroxylation sites is 1. The molecule has 1 aliphatic heterocycles. The Morgan fingerprint density at radius 3 is 2.59 bits per heavy atom. The SMILES string of the molecule is CNC(=O)c1nnc(NC(=O)C2CC2)cc1Nc1cccc(-c2noc(CN3CCN(S(C)(=N)=O)CC3)n2)c1OC. The van der Waals surface area contributed by atoms with E-state index in [0.717, 1.165) is 12.8 Å². The van der Waals surface area contributed by atoms with Gasteiger partial charge in [0.15, 0.2) is 17.3 Å². The number of rotatable bonds is 10. The zero-order chi connectivity index (χ0) is 29.1. The molecule has 1 atom stereocenters. The Kier molecular flexibility index (Phi) is 8.14. The van der Waals surface area contributed by atoms with Crippen LogP contribution in [0.25, 0.3) is 11.4 Å². The van der Waals surface area contributed by atoms with Gasteiger partial charge in [-0.3, -0.25) is 14.5 Å². The van der Waals surface area contributed by atoms with Crippen molar-refractivity contribution in [2.24, 2.45) is 5.92 Å². The normalized spacial score (nSPS) is 17.4. The maximum atomic E-state index is 12.5. The summed E-state index contributed by atoms with van der Waals surface area (Å²) in [4.78, 5) is 31.4. The van der Waals surface area contributed by atoms with Gasteiger partial charge < -0.3 is 25.2 Å². The summed E-state index contributed by atoms with van der Waals surface area (Å²) < 4.78 is 32.7. The number of methoxy groups -OCH3 is 1. The number of hydrogen-bond acceptors (Lipinski definition) is 12. The molecule has 0 radical (unpaired) electrons. The molecule has 2 amide bonds. The average Bonchev–Trinajstić information content (AvgIpc) is 3.71. The quantitative estimate of drug-likeness (QED) is 0.271. The molecule has 3 aromatic rings. The molecule has 1 saturated carbocycles. The Bertz CT molecular complexity index is 1550. The number of carbonyl (C=O) groups is 2. The van der Waals surface area contributed by atoms with Crippen LogP contribution in [0, 0.1) is 10.7 Å². The summed E-state index contributed by atoms with van der Waals surface area (Å²) in [6, 6.07) is 6.88. The predicted octanol–water partition coefficient (Wildman–Crippen LogP) is 1.70. The lowest BCUT2D eigenvalue weighted by Crippen LogP contribution is -2.47. The van der Waals surface area contributed by atoms with Crippen LogP contribution >= 0.6 is 0 Å². The number of benzene rings is 1. The number of anilines is 3. The van der Waals surface area contributed by atoms with Gasteiger partial charge in [-0.25, -0.2) is 13.3 Å². The van der Waals surface area contributed by atoms with Gasteiger partial charge in [-0.2, -0.15) is 4.98 Å². The van der Waals surface area contributed by atoms with Gasteiger partial charge in [0.25, 0.3) is 5.91 Å². The Morgan fingerprint density at radius 1 is 1.17 bits per heavy atom. The number of nitrogens with zero attached hydrogens (tertiary/aromatic N) is 6. The summed E-state index contributed by atoms with van der Waals surface area (Å²) in [5.41, 5.74) is 1.42. The van der Waals surface area contributed by atoms with Crippen LogP contribution in [0.3, 0.4) is 0 Å². The number of piperazine rings is 1. The highest BCUT2D eigenvalue weighted by atomic mass is 32.2. The lowest BCUT2D eigenvalue weighted by Gasteiger charge is -2.33. The van der Waals surface area contributed by atoms with Crippen molar-refractivity contribution < 1.29 is 23.1 Å². The summed E-state index contributed by atoms with van der Waals surface area (Å²) >= 11 is 0. The monoisotopic (exact) mass is 584 g/mol. The lowest BCUT2D eigenvalue weighted by atomic mass is 10.1. The van der Waals surface area contributed by atoms with Gasteiger partial charge in [-0.05, 0) is 25.0 Å². The zero-order valence-corrected chi connectivity index (χ0v) is 23.8. The van der Waals surface area contributed by atoms with Crippen molar-refractivity contribution in [3.63, 3.8) is 0 Å². The van der Waals surface area contributed by atoms with E-state index in [1.54, 1.807) is 28.6 Å². The molecule has 1 unspecified atom stereocenters. The van der Waals surface area contributed by atoms with E-state index in [0.29, 0.717) is 67.1 Å². The van der Waals surface area contributed by atoms with Gasteiger partial charge in [-0.1, -0.05) is 11.2 Å². The summed E-state index contributed by atoms with van der Waals surface area (Å²) in [5, 5.41) is 20.7. The van der Waals surface area contributed by atoms with E-state index < -0.39 is 15.8 Å². The third-order valence-corrected chi connectivity index (χ3v) is 8.17. The molecule has 2 fully saturated rings. The van der Waals surface area contributed by atoms with E-state index in [2.05, 4.69) is 41.2 Å². The van der Waals surface area contributed by atoms with Gasteiger partial charge in [0.2, 0.25) is 17.6 Å². The second-order valence-electron chi connectivity index (χ2n) is 9.87. The first-order valence-electron chi connectivity index (χ1n) is 13.0. The van der Waals surface area contributed by atoms with Crippen LogP contribution in [0.15, 0.2) is 28.8 Å². The summed E-state index contributed by atoms with van der Waals surface area (Å²) in [6.07, 6.45) is 3.11. The van der Waals surface area contributed by atoms with E-state index in [9.17, 15) is 13.8 Å². The van der Waals surface area contributed by atoms with Crippen molar-refractivity contribution in [2.45, 2.75) is 19.4 Å². The van der Waals surface area contributed by atoms with Gasteiger partial charge in [-0.15, -0.1) is 10.2 Å². The van der Waals surface area contributed by atoms with Crippen molar-refractivity contribution in [3.05, 3.63) is 35.9 Å². The Balaban J connectivity index is 1.36. The van der Waals surface area contributed by atoms with E-state index in [1.807, 2.05) is 0 Å². The zero-order valence-electron chi connectivity index (χ0n) is 23.0. The van der Waals surface area contributed by atoms with Gasteiger partial charge in [0.05, 0.1) is 30.6 Å². The van der Waals surface area contributed by atoms with Crippen LogP contribution < -0.4 is 20.7 Å². The third-order valence-electron chi connectivity index (χ3n) is 6.82. The Labute approximate surface area is 237 Å². The highest BCUT2D eigenvalue weighted by Gasteiger charge is 2.30. The molecule has 15 nitrogen and oxygen atoms in total. The van der Waals surface area contributed by atoms with Crippen molar-refractivity contribution in [3.8, 4) is 17.1 Å². The predicted molar refractivity (Wildman–Crippen MR) is 150 cm³/mol. The van der Waals surface area contributed by atoms with Crippen molar-refractivity contribution in [1.29, 1.82) is 4.78 Å². The van der Waals surface area contributed by atoms with Crippen LogP contribution in [0.1, 0.15) is 29.2 Å². The molecule has 218 valence electrons. The average molecular weight is 585 g/mol. The molecule has 41 heavy (non-hydrogen) atoms. The first kappa shape index (κ1) is 28.4. The number of carbonyl (C=O) groups excluding carboxylic acids is 2. The molecule has 4 N–H and O–H groups in total. The van der Waals surface area contributed by atoms with E-state index in [4.69, 9.17) is 14.0 Å². The maximum Gasteiger partial charge on any atom is 0.273 e. The van der Waals surface area contributed by atoms with Crippen LogP contribution in [0.5, 0.6) is 5.75 Å². The molecule has 0 bridgehead atoms. The molecule has 2 aliphatic rings. The van der Waals surface area contributed by atoms with Crippen molar-refractivity contribution >= 4 is 38.9 Å². The number of aromatic nitrogens is 4. The fraction of sp³-hybridized carbons (Fsp3) is 0.440. The first-order chi connectivity index (χ1) is 19.7. The molecule has 2 aromatic heterocycles. The fourth-order valence-electron chi connectivity index (χ4n) is 4.44. The smallest absolute Gasteiger partial charge is 0.273 e. The summed E-state index contributed by atoms with van der Waals surface area (Å²) in [7, 11) is 0.278. The topological polar surface area (TPSA) is 192 Å². The fourth-order valence-corrected chi connectivity index (χ4v) is 5.30. The number of ether oxygens (including phenoxy) is 1. The van der Waals surface area contributed by atoms with Crippen molar-refractivity contribution in [1.82, 2.24) is 34.9 Å². The largest absolute Gasteiger partial charge is 0.494 e. The van der Waals surface area contributed by atoms with Crippen LogP contribution in [-0.2, 0) is 21.3 Å². The molecular formula is C25H32N10O5S. The lowest BCUT2D eigenvalue weighted by molar-refractivity contribution is -0.117. The second-order valence-corrected chi connectivity index (χ2v) is 12.0. The number of amides is 2. The number of hydrogen-bond donors (Lipinski definition) is 4. The highest BCUT2D eigenvalue weighted by molar-refractivity contribution is 7.89. The second kappa shape index (κ2) is 11.8. The molecular weight excluding hydrogens is 552 g/mol. The van der Waals surface area contributed by atoms with Crippen LogP contribution in [0.4, 0.5) is 17.2 Å². The molecule has 3 heterocycles. The Morgan fingerprint density at radius 2 is 1.93 bits per heavy atom. The third kappa shape index (κ3) is 6.61. The van der Waals surface area contributed by atoms with Gasteiger partial charge >= 0.3 is 0 Å². The Hall–Kier alpha value is -4.15. The molecule has 1 aromatic carbocycles. The molecule has 16 heteroatoms. The first-order valence-corrected chi connectivity index (χ1v) is 15.0. The molecule has 1 saturated heterocycles. The standard InChI is InChI=1S/C25H32N10O5S/c1-27-25(37)21-18(13-19(31-32-21)29-24(36)15-7-8-15)28-17-6-4-5-16(22(17)39-2)23-30-20(40-33-23)14-34-9-11-35(12-10-34)41(3,26)38/h4-6,13,15,26H,7-12,14H2,1-3H3,(H,27,37)(H2,28,29,31,36). The van der Waals surface area contributed by atoms with E-state index >= 15 is 0 Å². The van der Waals surface area contributed by atoms with E-state index in [1.165, 1.54) is 20.4 Å². The van der Waals surface area contributed by atoms with Crippen molar-refractivity contribution in [2.75, 3.05) is 57.2 Å². The van der Waals surface area contributed by atoms with Crippen LogP contribution in [0.2, 0.25) is 0 Å². The van der Waals surface area contributed by atoms with E-state index in [-0.39, 0.29) is 23.3 Å². The minimum atomic E-state index is -2.72. The highest BCUT2D eigenvalue weighted by Crippen LogP contribution is 2.37. The minimum absolute atomic E-state index is 0.0223. The molecule has 1 aliphatic carbocycles. The maximum absolute atomic E-state index is 12.5. The summed E-state index contributed by atoms with van der Waals surface area (Å²) in [5.74, 6) is 0.749. The molecule has 0 spiro atoms. The molecule has 5 rings (SSSR count). The van der Waals surface area contributed by atoms with Gasteiger partial charge in [0, 0.05) is 51.5 Å². The minimum Gasteiger partial charge on any atom is -0.494 e. The van der Waals surface area contributed by atoms with Gasteiger partial charge in [0.1, 0.15) is 9.92 Å². The number of nitrogens with one attached hydrogen (secondary N) is 4. The summed E-state index contributed by atoms with van der Waals surface area (Å²) in [6.45, 7) is 2.71.